The fraction of sp³-hybridized carbons (Fsp3) is 0.304. The van der Waals surface area contributed by atoms with Crippen molar-refractivity contribution in [3.8, 4) is 0 Å². The zero-order chi connectivity index (χ0) is 18.0. The summed E-state index contributed by atoms with van der Waals surface area (Å²) in [5, 5.41) is 2.66. The van der Waals surface area contributed by atoms with Crippen molar-refractivity contribution in [2.24, 2.45) is 0 Å². The van der Waals surface area contributed by atoms with Crippen molar-refractivity contribution in [1.82, 2.24) is 9.97 Å². The summed E-state index contributed by atoms with van der Waals surface area (Å²) >= 11 is 0. The fourth-order valence-corrected chi connectivity index (χ4v) is 3.07. The molecule has 0 aliphatic heterocycles. The maximum atomic E-state index is 3.25. The lowest BCUT2D eigenvalue weighted by Gasteiger charge is -2.04. The molecule has 4 aromatic rings. The van der Waals surface area contributed by atoms with E-state index in [2.05, 4.69) is 93.2 Å². The van der Waals surface area contributed by atoms with E-state index in [0.29, 0.717) is 11.8 Å². The lowest BCUT2D eigenvalue weighted by atomic mass is 10.0. The Bertz CT molecular complexity index is 970. The SMILES string of the molecule is CC(C)c1ccc2[nH]ccc2c1.Cc1c[nH]c2ccc(C(C)C)cc12. The molecule has 130 valence electrons. The molecule has 0 aliphatic rings. The van der Waals surface area contributed by atoms with E-state index in [1.165, 1.54) is 38.5 Å². The van der Waals surface area contributed by atoms with E-state index in [9.17, 15) is 0 Å². The maximum absolute atomic E-state index is 3.25. The number of H-pyrrole nitrogens is 2. The topological polar surface area (TPSA) is 31.6 Å². The van der Waals surface area contributed by atoms with Crippen LogP contribution in [-0.2, 0) is 0 Å². The third kappa shape index (κ3) is 3.79. The Morgan fingerprint density at radius 2 is 1.36 bits per heavy atom. The van der Waals surface area contributed by atoms with Crippen LogP contribution in [0.2, 0.25) is 0 Å². The van der Waals surface area contributed by atoms with E-state index in [4.69, 9.17) is 0 Å². The van der Waals surface area contributed by atoms with Gasteiger partial charge in [0.1, 0.15) is 0 Å². The molecule has 2 aromatic heterocycles. The van der Waals surface area contributed by atoms with Gasteiger partial charge in [-0.25, -0.2) is 0 Å². The summed E-state index contributed by atoms with van der Waals surface area (Å²) in [5.74, 6) is 1.22. The molecule has 2 heteroatoms. The molecule has 0 aliphatic carbocycles. The average Bonchev–Trinajstić information content (AvgIpc) is 3.21. The van der Waals surface area contributed by atoms with Crippen LogP contribution in [0.15, 0.2) is 54.9 Å². The Balaban J connectivity index is 0.000000146. The maximum Gasteiger partial charge on any atom is 0.0456 e. The molecule has 0 bridgehead atoms. The number of aromatic nitrogens is 2. The van der Waals surface area contributed by atoms with Gasteiger partial charge in [-0.05, 0) is 71.2 Å². The minimum absolute atomic E-state index is 0.610. The molecular formula is C23H28N2. The minimum atomic E-state index is 0.610. The highest BCUT2D eigenvalue weighted by Crippen LogP contribution is 2.23. The van der Waals surface area contributed by atoms with Gasteiger partial charge in [0.15, 0.2) is 0 Å². The minimum Gasteiger partial charge on any atom is -0.361 e. The summed E-state index contributed by atoms with van der Waals surface area (Å²) in [6.45, 7) is 11.0. The van der Waals surface area contributed by atoms with E-state index in [0.717, 1.165) is 0 Å². The second-order valence-corrected chi connectivity index (χ2v) is 7.41. The molecule has 4 rings (SSSR count). The molecule has 2 N–H and O–H groups in total. The first-order valence-corrected chi connectivity index (χ1v) is 9.10. The van der Waals surface area contributed by atoms with Crippen molar-refractivity contribution in [2.45, 2.75) is 46.5 Å². The van der Waals surface area contributed by atoms with Crippen molar-refractivity contribution in [2.75, 3.05) is 0 Å². The van der Waals surface area contributed by atoms with Crippen molar-refractivity contribution < 1.29 is 0 Å². The first-order valence-electron chi connectivity index (χ1n) is 9.10. The summed E-state index contributed by atoms with van der Waals surface area (Å²) < 4.78 is 0. The Morgan fingerprint density at radius 1 is 0.720 bits per heavy atom. The first-order chi connectivity index (χ1) is 12.0. The van der Waals surface area contributed by atoms with Gasteiger partial charge in [-0.1, -0.05) is 39.8 Å². The Morgan fingerprint density at radius 3 is 2.04 bits per heavy atom. The molecule has 0 unspecified atom stereocenters. The van der Waals surface area contributed by atoms with E-state index < -0.39 is 0 Å². The van der Waals surface area contributed by atoms with Gasteiger partial charge in [0, 0.05) is 28.8 Å². The average molecular weight is 332 g/mol. The highest BCUT2D eigenvalue weighted by Gasteiger charge is 2.03. The Hall–Kier alpha value is -2.48. The number of aromatic amines is 2. The molecule has 0 atom stereocenters. The smallest absolute Gasteiger partial charge is 0.0456 e. The van der Waals surface area contributed by atoms with Crippen LogP contribution in [0.1, 0.15) is 56.2 Å². The summed E-state index contributed by atoms with van der Waals surface area (Å²) in [7, 11) is 0. The van der Waals surface area contributed by atoms with Gasteiger partial charge in [-0.2, -0.15) is 0 Å². The van der Waals surface area contributed by atoms with Crippen LogP contribution in [0.5, 0.6) is 0 Å². The van der Waals surface area contributed by atoms with Crippen molar-refractivity contribution in [3.05, 3.63) is 71.5 Å². The normalized spacial score (nSPS) is 11.3. The number of fused-ring (bicyclic) bond motifs is 2. The molecule has 0 saturated carbocycles. The summed E-state index contributed by atoms with van der Waals surface area (Å²) in [6.07, 6.45) is 4.05. The number of nitrogens with one attached hydrogen (secondary N) is 2. The zero-order valence-electron chi connectivity index (χ0n) is 15.9. The predicted octanol–water partition coefficient (Wildman–Crippen LogP) is 6.89. The number of rotatable bonds is 2. The second kappa shape index (κ2) is 7.18. The molecule has 0 radical (unpaired) electrons. The third-order valence-corrected chi connectivity index (χ3v) is 4.82. The summed E-state index contributed by atoms with van der Waals surface area (Å²) in [4.78, 5) is 6.44. The van der Waals surface area contributed by atoms with Crippen LogP contribution in [0.4, 0.5) is 0 Å². The van der Waals surface area contributed by atoms with E-state index in [1.54, 1.807) is 0 Å². The van der Waals surface area contributed by atoms with Crippen LogP contribution in [0.25, 0.3) is 21.8 Å². The van der Waals surface area contributed by atoms with Gasteiger partial charge in [0.05, 0.1) is 0 Å². The first kappa shape index (κ1) is 17.3. The molecule has 2 aromatic carbocycles. The van der Waals surface area contributed by atoms with E-state index in [1.807, 2.05) is 6.20 Å². The fourth-order valence-electron chi connectivity index (χ4n) is 3.07. The third-order valence-electron chi connectivity index (χ3n) is 4.82. The molecule has 0 spiro atoms. The van der Waals surface area contributed by atoms with E-state index >= 15 is 0 Å². The lowest BCUT2D eigenvalue weighted by molar-refractivity contribution is 0.868. The number of hydrogen-bond acceptors (Lipinski definition) is 0. The quantitative estimate of drug-likeness (QED) is 0.400. The molecule has 0 saturated heterocycles. The Labute approximate surface area is 150 Å². The van der Waals surface area contributed by atoms with Gasteiger partial charge in [-0.15, -0.1) is 0 Å². The van der Waals surface area contributed by atoms with Gasteiger partial charge in [0.2, 0.25) is 0 Å². The van der Waals surface area contributed by atoms with Crippen LogP contribution in [0.3, 0.4) is 0 Å². The van der Waals surface area contributed by atoms with Crippen LogP contribution < -0.4 is 0 Å². The van der Waals surface area contributed by atoms with Crippen LogP contribution in [-0.4, -0.2) is 9.97 Å². The highest BCUT2D eigenvalue weighted by molar-refractivity contribution is 5.83. The second-order valence-electron chi connectivity index (χ2n) is 7.41. The van der Waals surface area contributed by atoms with Gasteiger partial charge in [0.25, 0.3) is 0 Å². The van der Waals surface area contributed by atoms with Crippen LogP contribution in [0, 0.1) is 6.92 Å². The van der Waals surface area contributed by atoms with Gasteiger partial charge >= 0.3 is 0 Å². The lowest BCUT2D eigenvalue weighted by Crippen LogP contribution is -1.85. The van der Waals surface area contributed by atoms with E-state index in [-0.39, 0.29) is 0 Å². The van der Waals surface area contributed by atoms with Crippen molar-refractivity contribution in [1.29, 1.82) is 0 Å². The number of hydrogen-bond donors (Lipinski definition) is 2. The predicted molar refractivity (Wildman–Crippen MR) is 110 cm³/mol. The summed E-state index contributed by atoms with van der Waals surface area (Å²) in [5.41, 5.74) is 6.61. The van der Waals surface area contributed by atoms with Gasteiger partial charge < -0.3 is 9.97 Å². The Kier molecular flexibility index (Phi) is 4.98. The molecule has 25 heavy (non-hydrogen) atoms. The molecule has 0 amide bonds. The largest absolute Gasteiger partial charge is 0.361 e. The number of benzene rings is 2. The standard InChI is InChI=1S/C12H15N.C11H13N/c1-8(2)10-4-5-12-11(6-10)9(3)7-13-12;1-8(2)9-3-4-11-10(7-9)5-6-12-11/h4-8,13H,1-3H3;3-8,12H,1-2H3. The monoisotopic (exact) mass is 332 g/mol. The molecular weight excluding hydrogens is 304 g/mol. The van der Waals surface area contributed by atoms with Crippen LogP contribution >= 0.6 is 0 Å². The molecule has 2 heterocycles. The highest BCUT2D eigenvalue weighted by atomic mass is 14.7. The molecule has 0 fully saturated rings. The van der Waals surface area contributed by atoms with Crippen molar-refractivity contribution in [3.63, 3.8) is 0 Å². The summed E-state index contributed by atoms with van der Waals surface area (Å²) in [6, 6.07) is 15.3. The molecule has 2 nitrogen and oxygen atoms in total. The number of aryl methyl sites for hydroxylation is 1. The van der Waals surface area contributed by atoms with Crippen molar-refractivity contribution >= 4 is 21.8 Å². The zero-order valence-corrected chi connectivity index (χ0v) is 15.9. The van der Waals surface area contributed by atoms with Gasteiger partial charge in [-0.3, -0.25) is 0 Å².